The topological polar surface area (TPSA) is 135 Å². The van der Waals surface area contributed by atoms with Crippen LogP contribution in [-0.4, -0.2) is 47.2 Å². The van der Waals surface area contributed by atoms with E-state index in [0.29, 0.717) is 6.54 Å². The van der Waals surface area contributed by atoms with Crippen molar-refractivity contribution in [2.45, 2.75) is 33.4 Å². The minimum absolute atomic E-state index is 0.0472. The summed E-state index contributed by atoms with van der Waals surface area (Å²) in [6.07, 6.45) is 0. The average molecular weight is 580 g/mol. The minimum atomic E-state index is -0.714. The predicted octanol–water partition coefficient (Wildman–Crippen LogP) is 2.99. The van der Waals surface area contributed by atoms with Gasteiger partial charge in [-0.25, -0.2) is 9.78 Å². The number of carbonyl (C=O) groups is 1. The molecule has 0 aliphatic rings. The number of hydrogen-bond acceptors (Lipinski definition) is 8. The van der Waals surface area contributed by atoms with Crippen molar-refractivity contribution in [1.82, 2.24) is 19.9 Å². The van der Waals surface area contributed by atoms with E-state index < -0.39 is 11.2 Å². The third-order valence-electron chi connectivity index (χ3n) is 5.44. The minimum Gasteiger partial charge on any atom is -0.383 e. The molecule has 36 heavy (non-hydrogen) atoms. The molecule has 0 spiro atoms. The van der Waals surface area contributed by atoms with Crippen molar-refractivity contribution in [3.05, 3.63) is 60.0 Å². The van der Waals surface area contributed by atoms with Crippen LogP contribution < -0.4 is 27.2 Å². The Labute approximate surface area is 221 Å². The van der Waals surface area contributed by atoms with Crippen LogP contribution in [0.3, 0.4) is 0 Å². The van der Waals surface area contributed by atoms with Crippen LogP contribution in [0.1, 0.15) is 31.8 Å². The summed E-state index contributed by atoms with van der Waals surface area (Å²) in [6, 6.07) is 7.68. The van der Waals surface area contributed by atoms with Gasteiger partial charge in [0, 0.05) is 35.6 Å². The largest absolute Gasteiger partial charge is 0.383 e. The molecule has 2 aromatic heterocycles. The van der Waals surface area contributed by atoms with E-state index in [1.165, 1.54) is 27.9 Å². The summed E-state index contributed by atoms with van der Waals surface area (Å²) in [6.45, 7) is 6.30. The molecule has 3 rings (SSSR count). The summed E-state index contributed by atoms with van der Waals surface area (Å²) in [4.78, 5) is 46.5. The van der Waals surface area contributed by atoms with Crippen LogP contribution in [0.15, 0.2) is 43.7 Å². The molecule has 2 heterocycles. The lowest BCUT2D eigenvalue weighted by Crippen LogP contribution is -2.46. The molecule has 0 fully saturated rings. The van der Waals surface area contributed by atoms with Gasteiger partial charge in [0.05, 0.1) is 24.9 Å². The number of nitrogens with two attached hydrogens (primary N) is 1. The Morgan fingerprint density at radius 2 is 1.97 bits per heavy atom. The number of H-pyrrole nitrogens is 1. The van der Waals surface area contributed by atoms with Gasteiger partial charge in [0.15, 0.2) is 5.69 Å². The van der Waals surface area contributed by atoms with Crippen molar-refractivity contribution in [1.29, 1.82) is 0 Å². The number of carbonyl (C=O) groups excluding carboxylic acids is 1. The van der Waals surface area contributed by atoms with E-state index in [9.17, 15) is 14.4 Å². The van der Waals surface area contributed by atoms with Gasteiger partial charge >= 0.3 is 5.69 Å². The summed E-state index contributed by atoms with van der Waals surface area (Å²) >= 11 is 4.93. The zero-order chi connectivity index (χ0) is 26.4. The normalized spacial score (nSPS) is 12.2. The Kier molecular flexibility index (Phi) is 9.60. The SMILES string of the molecule is COCCN(C(=O)CNC(C)c1nc(-c2ccc(Br)cc2)cs1)c1c(N)n(CC(C)C)c(=O)[nH]c1=O. The van der Waals surface area contributed by atoms with Crippen LogP contribution in [0.25, 0.3) is 11.3 Å². The van der Waals surface area contributed by atoms with Gasteiger partial charge in [-0.3, -0.25) is 24.5 Å². The molecule has 1 aromatic carbocycles. The quantitative estimate of drug-likeness (QED) is 0.318. The summed E-state index contributed by atoms with van der Waals surface area (Å²) in [5.74, 6) is -0.320. The van der Waals surface area contributed by atoms with Crippen molar-refractivity contribution in [2.75, 3.05) is 37.4 Å². The Hall–Kier alpha value is -2.80. The fraction of sp³-hybridized carbons (Fsp3) is 0.417. The van der Waals surface area contributed by atoms with Crippen LogP contribution in [0.2, 0.25) is 0 Å². The fourth-order valence-electron chi connectivity index (χ4n) is 3.59. The van der Waals surface area contributed by atoms with E-state index in [1.54, 1.807) is 0 Å². The fourth-order valence-corrected chi connectivity index (χ4v) is 4.72. The average Bonchev–Trinajstić information content (AvgIpc) is 3.32. The van der Waals surface area contributed by atoms with Gasteiger partial charge in [0.2, 0.25) is 5.91 Å². The van der Waals surface area contributed by atoms with E-state index >= 15 is 0 Å². The highest BCUT2D eigenvalue weighted by atomic mass is 79.9. The highest BCUT2D eigenvalue weighted by Crippen LogP contribution is 2.26. The Balaban J connectivity index is 1.79. The number of nitrogens with zero attached hydrogens (tertiary/aromatic N) is 3. The maximum atomic E-state index is 13.3. The smallest absolute Gasteiger partial charge is 0.330 e. The maximum absolute atomic E-state index is 13.3. The molecule has 0 aliphatic carbocycles. The first-order valence-corrected chi connectivity index (χ1v) is 13.2. The third kappa shape index (κ3) is 6.69. The van der Waals surface area contributed by atoms with Gasteiger partial charge < -0.3 is 15.4 Å². The number of aromatic amines is 1. The number of hydrogen-bond donors (Lipinski definition) is 3. The van der Waals surface area contributed by atoms with Crippen LogP contribution in [0, 0.1) is 5.92 Å². The molecule has 1 amide bonds. The molecule has 12 heteroatoms. The number of benzene rings is 1. The van der Waals surface area contributed by atoms with E-state index in [4.69, 9.17) is 15.5 Å². The van der Waals surface area contributed by atoms with E-state index in [0.717, 1.165) is 20.7 Å². The molecular formula is C24H31BrN6O4S. The molecule has 0 saturated carbocycles. The second-order valence-corrected chi connectivity index (χ2v) is 10.5. The van der Waals surface area contributed by atoms with Gasteiger partial charge in [0.25, 0.3) is 5.56 Å². The van der Waals surface area contributed by atoms with Crippen molar-refractivity contribution >= 4 is 44.7 Å². The number of methoxy groups -OCH3 is 1. The van der Waals surface area contributed by atoms with E-state index in [2.05, 4.69) is 26.2 Å². The number of nitrogen functional groups attached to an aromatic ring is 1. The highest BCUT2D eigenvalue weighted by Gasteiger charge is 2.25. The monoisotopic (exact) mass is 578 g/mol. The Morgan fingerprint density at radius 1 is 1.28 bits per heavy atom. The van der Waals surface area contributed by atoms with Gasteiger partial charge in [-0.1, -0.05) is 41.9 Å². The zero-order valence-electron chi connectivity index (χ0n) is 20.7. The summed E-state index contributed by atoms with van der Waals surface area (Å²) < 4.78 is 7.42. The standard InChI is InChI=1S/C24H31BrN6O4S/c1-14(2)12-31-21(26)20(22(33)29-24(31)34)30(9-10-35-4)19(32)11-27-15(3)23-28-18(13-36-23)16-5-7-17(25)8-6-16/h5-8,13-15,27H,9-12,26H2,1-4H3,(H,29,33,34). The molecule has 3 aromatic rings. The number of ether oxygens (including phenoxy) is 1. The Morgan fingerprint density at radius 3 is 2.61 bits per heavy atom. The van der Waals surface area contributed by atoms with Gasteiger partial charge in [-0.2, -0.15) is 0 Å². The second kappa shape index (κ2) is 12.4. The van der Waals surface area contributed by atoms with Crippen molar-refractivity contribution in [3.63, 3.8) is 0 Å². The van der Waals surface area contributed by atoms with E-state index in [-0.39, 0.29) is 49.1 Å². The van der Waals surface area contributed by atoms with Crippen molar-refractivity contribution < 1.29 is 9.53 Å². The van der Waals surface area contributed by atoms with Gasteiger partial charge in [-0.15, -0.1) is 11.3 Å². The van der Waals surface area contributed by atoms with Crippen LogP contribution in [0.4, 0.5) is 11.5 Å². The number of rotatable bonds is 11. The molecule has 0 saturated heterocycles. The maximum Gasteiger partial charge on any atom is 0.330 e. The molecule has 0 bridgehead atoms. The summed E-state index contributed by atoms with van der Waals surface area (Å²) in [5.41, 5.74) is 6.72. The summed E-state index contributed by atoms with van der Waals surface area (Å²) in [5, 5.41) is 5.98. The van der Waals surface area contributed by atoms with Crippen LogP contribution >= 0.6 is 27.3 Å². The molecule has 0 aliphatic heterocycles. The lowest BCUT2D eigenvalue weighted by molar-refractivity contribution is -0.118. The molecular weight excluding hydrogens is 548 g/mol. The number of thiazole rings is 1. The third-order valence-corrected chi connectivity index (χ3v) is 7.00. The molecule has 10 nitrogen and oxygen atoms in total. The van der Waals surface area contributed by atoms with Crippen molar-refractivity contribution in [3.8, 4) is 11.3 Å². The highest BCUT2D eigenvalue weighted by molar-refractivity contribution is 9.10. The van der Waals surface area contributed by atoms with Crippen molar-refractivity contribution in [2.24, 2.45) is 5.92 Å². The van der Waals surface area contributed by atoms with Crippen LogP contribution in [0.5, 0.6) is 0 Å². The van der Waals surface area contributed by atoms with Gasteiger partial charge in [-0.05, 0) is 25.0 Å². The second-order valence-electron chi connectivity index (χ2n) is 8.72. The van der Waals surface area contributed by atoms with Gasteiger partial charge in [0.1, 0.15) is 10.8 Å². The molecule has 194 valence electrons. The molecule has 1 unspecified atom stereocenters. The number of amides is 1. The lowest BCUT2D eigenvalue weighted by Gasteiger charge is -2.25. The lowest BCUT2D eigenvalue weighted by atomic mass is 10.2. The zero-order valence-corrected chi connectivity index (χ0v) is 23.1. The first kappa shape index (κ1) is 27.8. The Bertz CT molecular complexity index is 1300. The number of nitrogens with one attached hydrogen (secondary N) is 2. The molecule has 1 atom stereocenters. The van der Waals surface area contributed by atoms with E-state index in [1.807, 2.05) is 50.4 Å². The number of aromatic nitrogens is 3. The number of anilines is 2. The van der Waals surface area contributed by atoms with Crippen LogP contribution in [-0.2, 0) is 16.1 Å². The first-order chi connectivity index (χ1) is 17.1. The summed E-state index contributed by atoms with van der Waals surface area (Å²) in [7, 11) is 1.50. The predicted molar refractivity (Wildman–Crippen MR) is 146 cm³/mol. The first-order valence-electron chi connectivity index (χ1n) is 11.5. The number of halogens is 1. The molecule has 0 radical (unpaired) electrons. The molecule has 4 N–H and O–H groups in total.